The van der Waals surface area contributed by atoms with Crippen LogP contribution in [0, 0.1) is 11.8 Å². The van der Waals surface area contributed by atoms with E-state index in [1.54, 1.807) is 0 Å². The van der Waals surface area contributed by atoms with Crippen molar-refractivity contribution in [3.63, 3.8) is 0 Å². The number of hydrogen-bond donors (Lipinski definition) is 2. The van der Waals surface area contributed by atoms with Crippen LogP contribution in [0.4, 0.5) is 5.69 Å². The van der Waals surface area contributed by atoms with Gasteiger partial charge >= 0.3 is 5.97 Å². The summed E-state index contributed by atoms with van der Waals surface area (Å²) in [6.07, 6.45) is 7.33. The third-order valence-electron chi connectivity index (χ3n) is 5.31. The molecule has 0 aromatic heterocycles. The topological polar surface area (TPSA) is 84.5 Å². The van der Waals surface area contributed by atoms with Crippen LogP contribution >= 0.6 is 11.6 Å². The Hall–Kier alpha value is -2.08. The Kier molecular flexibility index (Phi) is 6.37. The molecule has 2 atom stereocenters. The Morgan fingerprint density at radius 1 is 1.04 bits per heavy atom. The number of benzene rings is 1. The molecule has 0 heterocycles. The molecule has 0 saturated heterocycles. The van der Waals surface area contributed by atoms with Crippen molar-refractivity contribution in [2.45, 2.75) is 51.0 Å². The number of anilines is 1. The van der Waals surface area contributed by atoms with Crippen molar-refractivity contribution in [3.8, 4) is 0 Å². The summed E-state index contributed by atoms with van der Waals surface area (Å²) in [5.74, 6) is -1.42. The summed E-state index contributed by atoms with van der Waals surface area (Å²) >= 11 is 6.11. The molecule has 146 valence electrons. The highest BCUT2D eigenvalue weighted by Crippen LogP contribution is 2.40. The highest BCUT2D eigenvalue weighted by Gasteiger charge is 2.48. The van der Waals surface area contributed by atoms with Crippen molar-refractivity contribution in [3.05, 3.63) is 28.8 Å². The molecule has 1 aromatic rings. The minimum absolute atomic E-state index is 0.0311. The van der Waals surface area contributed by atoms with E-state index < -0.39 is 5.97 Å². The number of esters is 1. The van der Waals surface area contributed by atoms with Gasteiger partial charge in [-0.25, -0.2) is 4.79 Å². The molecule has 0 aliphatic heterocycles. The quantitative estimate of drug-likeness (QED) is 0.593. The molecule has 2 saturated carbocycles. The lowest BCUT2D eigenvalue weighted by molar-refractivity contribution is -0.125. The minimum Gasteiger partial charge on any atom is -0.465 e. The van der Waals surface area contributed by atoms with E-state index in [-0.39, 0.29) is 29.7 Å². The van der Waals surface area contributed by atoms with Crippen molar-refractivity contribution in [2.24, 2.45) is 11.8 Å². The van der Waals surface area contributed by atoms with Crippen LogP contribution in [-0.4, -0.2) is 30.9 Å². The first-order chi connectivity index (χ1) is 13.0. The van der Waals surface area contributed by atoms with Crippen LogP contribution in [0.1, 0.15) is 55.3 Å². The largest absolute Gasteiger partial charge is 0.465 e. The molecule has 2 unspecified atom stereocenters. The van der Waals surface area contributed by atoms with Gasteiger partial charge in [-0.1, -0.05) is 37.3 Å². The molecule has 2 N–H and O–H groups in total. The molecule has 0 spiro atoms. The maximum absolute atomic E-state index is 12.5. The van der Waals surface area contributed by atoms with Crippen molar-refractivity contribution >= 4 is 35.1 Å². The summed E-state index contributed by atoms with van der Waals surface area (Å²) in [5, 5.41) is 6.17. The average molecular weight is 393 g/mol. The summed E-state index contributed by atoms with van der Waals surface area (Å²) in [6, 6.07) is 4.78. The van der Waals surface area contributed by atoms with E-state index in [2.05, 4.69) is 15.4 Å². The fraction of sp³-hybridized carbons (Fsp3) is 0.550. The van der Waals surface area contributed by atoms with Gasteiger partial charge in [-0.2, -0.15) is 0 Å². The van der Waals surface area contributed by atoms with Gasteiger partial charge in [0, 0.05) is 6.04 Å². The molecule has 27 heavy (non-hydrogen) atoms. The Balaban J connectivity index is 1.55. The maximum atomic E-state index is 12.5. The number of carbonyl (C=O) groups excluding carboxylic acids is 3. The molecule has 2 amide bonds. The molecule has 6 nitrogen and oxygen atoms in total. The van der Waals surface area contributed by atoms with Gasteiger partial charge in [0.05, 0.1) is 35.2 Å². The van der Waals surface area contributed by atoms with Crippen LogP contribution in [0.15, 0.2) is 18.2 Å². The summed E-state index contributed by atoms with van der Waals surface area (Å²) in [7, 11) is 1.29. The van der Waals surface area contributed by atoms with Crippen molar-refractivity contribution in [1.29, 1.82) is 0 Å². The zero-order chi connectivity index (χ0) is 19.4. The minimum atomic E-state index is -0.505. The fourth-order valence-electron chi connectivity index (χ4n) is 3.60. The first-order valence-corrected chi connectivity index (χ1v) is 9.86. The predicted octanol–water partition coefficient (Wildman–Crippen LogP) is 3.54. The molecule has 3 rings (SSSR count). The zero-order valence-corrected chi connectivity index (χ0v) is 16.2. The van der Waals surface area contributed by atoms with Gasteiger partial charge in [-0.05, 0) is 37.5 Å². The van der Waals surface area contributed by atoms with E-state index in [4.69, 9.17) is 11.6 Å². The number of methoxy groups -OCH3 is 1. The second-order valence-electron chi connectivity index (χ2n) is 7.32. The molecular formula is C20H25ClN2O4. The Morgan fingerprint density at radius 2 is 1.70 bits per heavy atom. The number of nitrogens with one attached hydrogen (secondary N) is 2. The molecule has 0 bridgehead atoms. The summed E-state index contributed by atoms with van der Waals surface area (Å²) < 4.78 is 4.68. The van der Waals surface area contributed by atoms with E-state index in [0.29, 0.717) is 22.7 Å². The van der Waals surface area contributed by atoms with Crippen LogP contribution in [0.5, 0.6) is 0 Å². The highest BCUT2D eigenvalue weighted by molar-refractivity contribution is 6.34. The average Bonchev–Trinajstić information content (AvgIpc) is 3.47. The number of halogens is 1. The summed E-state index contributed by atoms with van der Waals surface area (Å²) in [4.78, 5) is 36.5. The lowest BCUT2D eigenvalue weighted by Gasteiger charge is -2.16. The van der Waals surface area contributed by atoms with Gasteiger partial charge in [-0.15, -0.1) is 0 Å². The molecule has 2 fully saturated rings. The third kappa shape index (κ3) is 5.01. The van der Waals surface area contributed by atoms with Gasteiger partial charge in [0.1, 0.15) is 0 Å². The predicted molar refractivity (Wildman–Crippen MR) is 103 cm³/mol. The smallest absolute Gasteiger partial charge is 0.337 e. The summed E-state index contributed by atoms with van der Waals surface area (Å²) in [5.41, 5.74) is 0.648. The lowest BCUT2D eigenvalue weighted by Crippen LogP contribution is -2.36. The van der Waals surface area contributed by atoms with Gasteiger partial charge < -0.3 is 15.4 Å². The van der Waals surface area contributed by atoms with Gasteiger partial charge in [0.25, 0.3) is 0 Å². The van der Waals surface area contributed by atoms with E-state index in [9.17, 15) is 14.4 Å². The SMILES string of the molecule is COC(=O)c1ccc(Cl)c(NC(=O)C2CC2C(=O)NC2CCCCCC2)c1. The second-order valence-corrected chi connectivity index (χ2v) is 7.73. The number of ether oxygens (including phenoxy) is 1. The monoisotopic (exact) mass is 392 g/mol. The van der Waals surface area contributed by atoms with Gasteiger partial charge in [-0.3, -0.25) is 9.59 Å². The van der Waals surface area contributed by atoms with Crippen LogP contribution in [-0.2, 0) is 14.3 Å². The molecule has 1 aromatic carbocycles. The Bertz CT molecular complexity index is 729. The first kappa shape index (κ1) is 19.7. The number of rotatable bonds is 5. The van der Waals surface area contributed by atoms with E-state index in [0.717, 1.165) is 25.7 Å². The van der Waals surface area contributed by atoms with E-state index in [1.165, 1.54) is 38.2 Å². The molecule has 2 aliphatic rings. The molecule has 7 heteroatoms. The number of hydrogen-bond acceptors (Lipinski definition) is 4. The summed E-state index contributed by atoms with van der Waals surface area (Å²) in [6.45, 7) is 0. The fourth-order valence-corrected chi connectivity index (χ4v) is 3.76. The van der Waals surface area contributed by atoms with Crippen LogP contribution < -0.4 is 10.6 Å². The van der Waals surface area contributed by atoms with E-state index >= 15 is 0 Å². The lowest BCUT2D eigenvalue weighted by atomic mass is 10.1. The molecular weight excluding hydrogens is 368 g/mol. The normalized spacial score (nSPS) is 22.4. The van der Waals surface area contributed by atoms with Crippen molar-refractivity contribution in [2.75, 3.05) is 12.4 Å². The highest BCUT2D eigenvalue weighted by atomic mass is 35.5. The van der Waals surface area contributed by atoms with Gasteiger partial charge in [0.15, 0.2) is 0 Å². The Morgan fingerprint density at radius 3 is 2.37 bits per heavy atom. The number of carbonyl (C=O) groups is 3. The maximum Gasteiger partial charge on any atom is 0.337 e. The molecule has 2 aliphatic carbocycles. The first-order valence-electron chi connectivity index (χ1n) is 9.48. The van der Waals surface area contributed by atoms with Crippen LogP contribution in [0.25, 0.3) is 0 Å². The van der Waals surface area contributed by atoms with Crippen molar-refractivity contribution in [1.82, 2.24) is 5.32 Å². The standard InChI is InChI=1S/C20H25ClN2O4/c1-27-20(26)12-8-9-16(21)17(10-12)23-19(25)15-11-14(15)18(24)22-13-6-4-2-3-5-7-13/h8-10,13-15H,2-7,11H2,1H3,(H,22,24)(H,23,25). The van der Waals surface area contributed by atoms with E-state index in [1.807, 2.05) is 0 Å². The van der Waals surface area contributed by atoms with Crippen LogP contribution in [0.3, 0.4) is 0 Å². The number of amides is 2. The van der Waals surface area contributed by atoms with Crippen LogP contribution in [0.2, 0.25) is 5.02 Å². The Labute approximate surface area is 164 Å². The third-order valence-corrected chi connectivity index (χ3v) is 5.64. The van der Waals surface area contributed by atoms with Crippen molar-refractivity contribution < 1.29 is 19.1 Å². The zero-order valence-electron chi connectivity index (χ0n) is 15.4. The van der Waals surface area contributed by atoms with Gasteiger partial charge in [0.2, 0.25) is 11.8 Å². The second kappa shape index (κ2) is 8.74. The molecule has 0 radical (unpaired) electrons.